The van der Waals surface area contributed by atoms with Crippen LogP contribution in [0.15, 0.2) is 42.5 Å². The molecule has 0 spiro atoms. The molecule has 0 unspecified atom stereocenters. The molecular formula is C14H14N2. The summed E-state index contributed by atoms with van der Waals surface area (Å²) in [5.74, 6) is 0. The van der Waals surface area contributed by atoms with E-state index in [1.807, 2.05) is 0 Å². The minimum atomic E-state index is 0.585. The van der Waals surface area contributed by atoms with Gasteiger partial charge in [-0.3, -0.25) is 0 Å². The predicted molar refractivity (Wildman–Crippen MR) is 68.3 cm³/mol. The summed E-state index contributed by atoms with van der Waals surface area (Å²) >= 11 is 0. The number of hydrogen-bond donors (Lipinski definition) is 1. The van der Waals surface area contributed by atoms with E-state index in [1.54, 1.807) is 0 Å². The molecule has 0 radical (unpaired) electrons. The van der Waals surface area contributed by atoms with E-state index in [0.717, 1.165) is 0 Å². The fourth-order valence-corrected chi connectivity index (χ4v) is 2.48. The lowest BCUT2D eigenvalue weighted by atomic mass is 10.1. The van der Waals surface area contributed by atoms with Crippen molar-refractivity contribution in [2.24, 2.45) is 12.8 Å². The normalized spacial score (nSPS) is 11.4. The molecule has 80 valence electrons. The maximum Gasteiger partial charge on any atom is 0.0534 e. The molecule has 1 aromatic heterocycles. The molecule has 2 N–H and O–H groups in total. The van der Waals surface area contributed by atoms with Gasteiger partial charge in [0.05, 0.1) is 5.52 Å². The highest BCUT2D eigenvalue weighted by atomic mass is 14.9. The number of para-hydroxylation sites is 2. The molecule has 0 aliphatic heterocycles. The monoisotopic (exact) mass is 210 g/mol. The van der Waals surface area contributed by atoms with Crippen molar-refractivity contribution >= 4 is 21.8 Å². The first-order chi connectivity index (χ1) is 7.83. The SMILES string of the molecule is Cn1c2ccccc2c2cccc(CN)c21. The third kappa shape index (κ3) is 1.11. The molecule has 0 saturated carbocycles. The number of rotatable bonds is 1. The Morgan fingerprint density at radius 2 is 1.75 bits per heavy atom. The highest BCUT2D eigenvalue weighted by Gasteiger charge is 2.09. The van der Waals surface area contributed by atoms with Gasteiger partial charge in [0.25, 0.3) is 0 Å². The third-order valence-electron chi connectivity index (χ3n) is 3.23. The van der Waals surface area contributed by atoms with Crippen molar-refractivity contribution in [1.29, 1.82) is 0 Å². The molecule has 3 rings (SSSR count). The average Bonchev–Trinajstić information content (AvgIpc) is 2.64. The van der Waals surface area contributed by atoms with Crippen LogP contribution in [0.2, 0.25) is 0 Å². The van der Waals surface area contributed by atoms with Crippen molar-refractivity contribution < 1.29 is 0 Å². The number of fused-ring (bicyclic) bond motifs is 3. The summed E-state index contributed by atoms with van der Waals surface area (Å²) in [6.45, 7) is 0.585. The molecule has 0 atom stereocenters. The van der Waals surface area contributed by atoms with Crippen LogP contribution in [0.25, 0.3) is 21.8 Å². The Labute approximate surface area is 94.3 Å². The Balaban J connectivity index is 2.61. The van der Waals surface area contributed by atoms with E-state index in [9.17, 15) is 0 Å². The number of aromatic nitrogens is 1. The fourth-order valence-electron chi connectivity index (χ4n) is 2.48. The van der Waals surface area contributed by atoms with Crippen LogP contribution in [-0.4, -0.2) is 4.57 Å². The van der Waals surface area contributed by atoms with Crippen molar-refractivity contribution in [3.8, 4) is 0 Å². The molecule has 16 heavy (non-hydrogen) atoms. The van der Waals surface area contributed by atoms with Crippen LogP contribution in [0.3, 0.4) is 0 Å². The van der Waals surface area contributed by atoms with E-state index >= 15 is 0 Å². The topological polar surface area (TPSA) is 30.9 Å². The molecule has 0 aliphatic carbocycles. The van der Waals surface area contributed by atoms with Crippen LogP contribution in [0, 0.1) is 0 Å². The van der Waals surface area contributed by atoms with Crippen LogP contribution in [0.4, 0.5) is 0 Å². The summed E-state index contributed by atoms with van der Waals surface area (Å²) < 4.78 is 2.23. The van der Waals surface area contributed by atoms with Gasteiger partial charge in [-0.2, -0.15) is 0 Å². The van der Waals surface area contributed by atoms with Crippen molar-refractivity contribution in [1.82, 2.24) is 4.57 Å². The summed E-state index contributed by atoms with van der Waals surface area (Å²) in [5, 5.41) is 2.59. The summed E-state index contributed by atoms with van der Waals surface area (Å²) in [6, 6.07) is 14.8. The Morgan fingerprint density at radius 3 is 2.56 bits per heavy atom. The van der Waals surface area contributed by atoms with E-state index < -0.39 is 0 Å². The minimum Gasteiger partial charge on any atom is -0.343 e. The molecule has 0 aliphatic rings. The standard InChI is InChI=1S/C14H14N2/c1-16-13-8-3-2-6-11(13)12-7-4-5-10(9-15)14(12)16/h2-8H,9,15H2,1H3. The number of nitrogens with zero attached hydrogens (tertiary/aromatic N) is 1. The Morgan fingerprint density at radius 1 is 1.00 bits per heavy atom. The maximum absolute atomic E-state index is 5.79. The van der Waals surface area contributed by atoms with Crippen molar-refractivity contribution in [3.63, 3.8) is 0 Å². The van der Waals surface area contributed by atoms with Gasteiger partial charge in [-0.05, 0) is 11.6 Å². The van der Waals surface area contributed by atoms with E-state index in [1.165, 1.54) is 27.4 Å². The Bertz CT molecular complexity index is 665. The van der Waals surface area contributed by atoms with Crippen molar-refractivity contribution in [2.75, 3.05) is 0 Å². The van der Waals surface area contributed by atoms with Crippen molar-refractivity contribution in [3.05, 3.63) is 48.0 Å². The predicted octanol–water partition coefficient (Wildman–Crippen LogP) is 2.79. The number of benzene rings is 2. The number of nitrogens with two attached hydrogens (primary N) is 1. The summed E-state index contributed by atoms with van der Waals surface area (Å²) in [5.41, 5.74) is 9.52. The highest BCUT2D eigenvalue weighted by Crippen LogP contribution is 2.29. The average molecular weight is 210 g/mol. The number of aryl methyl sites for hydroxylation is 1. The van der Waals surface area contributed by atoms with E-state index in [2.05, 4.69) is 54.1 Å². The zero-order chi connectivity index (χ0) is 11.1. The third-order valence-corrected chi connectivity index (χ3v) is 3.23. The summed E-state index contributed by atoms with van der Waals surface area (Å²) in [7, 11) is 2.10. The summed E-state index contributed by atoms with van der Waals surface area (Å²) in [6.07, 6.45) is 0. The van der Waals surface area contributed by atoms with Crippen LogP contribution in [0.5, 0.6) is 0 Å². The second-order valence-electron chi connectivity index (χ2n) is 4.09. The molecule has 0 saturated heterocycles. The lowest BCUT2D eigenvalue weighted by molar-refractivity contribution is 0.985. The first-order valence-electron chi connectivity index (χ1n) is 5.48. The van der Waals surface area contributed by atoms with E-state index in [-0.39, 0.29) is 0 Å². The van der Waals surface area contributed by atoms with Gasteiger partial charge < -0.3 is 10.3 Å². The molecule has 2 heteroatoms. The van der Waals surface area contributed by atoms with Gasteiger partial charge in [-0.15, -0.1) is 0 Å². The molecule has 1 heterocycles. The van der Waals surface area contributed by atoms with Gasteiger partial charge >= 0.3 is 0 Å². The molecule has 0 fully saturated rings. The summed E-state index contributed by atoms with van der Waals surface area (Å²) in [4.78, 5) is 0. The first kappa shape index (κ1) is 9.43. The smallest absolute Gasteiger partial charge is 0.0534 e. The van der Waals surface area contributed by atoms with E-state index in [4.69, 9.17) is 5.73 Å². The van der Waals surface area contributed by atoms with Crippen molar-refractivity contribution in [2.45, 2.75) is 6.54 Å². The molecule has 2 aromatic carbocycles. The lowest BCUT2D eigenvalue weighted by Crippen LogP contribution is -1.99. The van der Waals surface area contributed by atoms with Gasteiger partial charge in [0.2, 0.25) is 0 Å². The highest BCUT2D eigenvalue weighted by molar-refractivity contribution is 6.08. The molecule has 0 amide bonds. The van der Waals surface area contributed by atoms with Crippen LogP contribution in [-0.2, 0) is 13.6 Å². The molecule has 0 bridgehead atoms. The maximum atomic E-state index is 5.79. The number of hydrogen-bond acceptors (Lipinski definition) is 1. The second kappa shape index (κ2) is 3.35. The zero-order valence-electron chi connectivity index (χ0n) is 9.27. The van der Waals surface area contributed by atoms with Gasteiger partial charge in [-0.1, -0.05) is 36.4 Å². The van der Waals surface area contributed by atoms with Gasteiger partial charge in [-0.25, -0.2) is 0 Å². The lowest BCUT2D eigenvalue weighted by Gasteiger charge is -2.03. The Hall–Kier alpha value is -1.80. The van der Waals surface area contributed by atoms with Gasteiger partial charge in [0.1, 0.15) is 0 Å². The molecular weight excluding hydrogens is 196 g/mol. The molecule has 3 aromatic rings. The van der Waals surface area contributed by atoms with Crippen LogP contribution >= 0.6 is 0 Å². The van der Waals surface area contributed by atoms with Gasteiger partial charge in [0, 0.05) is 29.9 Å². The largest absolute Gasteiger partial charge is 0.343 e. The van der Waals surface area contributed by atoms with Gasteiger partial charge in [0.15, 0.2) is 0 Å². The quantitative estimate of drug-likeness (QED) is 0.658. The van der Waals surface area contributed by atoms with E-state index in [0.29, 0.717) is 6.54 Å². The second-order valence-corrected chi connectivity index (χ2v) is 4.09. The minimum absolute atomic E-state index is 0.585. The van der Waals surface area contributed by atoms with Crippen LogP contribution in [0.1, 0.15) is 5.56 Å². The zero-order valence-corrected chi connectivity index (χ0v) is 9.27. The Kier molecular flexibility index (Phi) is 1.98. The van der Waals surface area contributed by atoms with Crippen LogP contribution < -0.4 is 5.73 Å². The first-order valence-corrected chi connectivity index (χ1v) is 5.48. The molecule has 2 nitrogen and oxygen atoms in total. The fraction of sp³-hybridized carbons (Fsp3) is 0.143.